The Labute approximate surface area is 183 Å². The van der Waals surface area contributed by atoms with E-state index >= 15 is 0 Å². The lowest BCUT2D eigenvalue weighted by Crippen LogP contribution is -2.18. The summed E-state index contributed by atoms with van der Waals surface area (Å²) in [5.41, 5.74) is 3.15. The Morgan fingerprint density at radius 2 is 1.77 bits per heavy atom. The number of carbonyl (C=O) groups is 1. The summed E-state index contributed by atoms with van der Waals surface area (Å²) >= 11 is 0. The minimum atomic E-state index is -0.462. The summed E-state index contributed by atoms with van der Waals surface area (Å²) in [5, 5.41) is 3.51. The highest BCUT2D eigenvalue weighted by Gasteiger charge is 2.28. The summed E-state index contributed by atoms with van der Waals surface area (Å²) in [5.74, 6) is 1.23. The second-order valence-electron chi connectivity index (χ2n) is 7.62. The standard InChI is InChI=1S/C26H27NO4/c1-18-24(26(28)31-20-12-7-4-8-13-20)23(30-17-19-10-5-3-6-11-19)16-21(25(18)29-2)22-14-9-15-27-22/h3-8,10-13,16,22,27H,9,14-15,17H2,1-2H3/t22-/m0/s1. The first-order valence-corrected chi connectivity index (χ1v) is 10.6. The molecule has 3 aromatic carbocycles. The fraction of sp³-hybridized carbons (Fsp3) is 0.269. The molecule has 1 aliphatic rings. The van der Waals surface area contributed by atoms with Crippen molar-refractivity contribution in [3.63, 3.8) is 0 Å². The van der Waals surface area contributed by atoms with Crippen molar-refractivity contribution >= 4 is 5.97 Å². The predicted octanol–water partition coefficient (Wildman–Crippen LogP) is 5.23. The van der Waals surface area contributed by atoms with E-state index in [0.717, 1.165) is 36.1 Å². The molecule has 1 fully saturated rings. The van der Waals surface area contributed by atoms with Gasteiger partial charge in [-0.3, -0.25) is 0 Å². The van der Waals surface area contributed by atoms with Crippen LogP contribution in [0.4, 0.5) is 0 Å². The van der Waals surface area contributed by atoms with Gasteiger partial charge in [0.1, 0.15) is 29.4 Å². The fourth-order valence-electron chi connectivity index (χ4n) is 4.02. The Hall–Kier alpha value is -3.31. The summed E-state index contributed by atoms with van der Waals surface area (Å²) in [7, 11) is 1.64. The van der Waals surface area contributed by atoms with Gasteiger partial charge < -0.3 is 19.5 Å². The number of para-hydroxylation sites is 1. The molecule has 31 heavy (non-hydrogen) atoms. The van der Waals surface area contributed by atoms with Gasteiger partial charge in [-0.2, -0.15) is 0 Å². The van der Waals surface area contributed by atoms with Gasteiger partial charge in [0.15, 0.2) is 0 Å². The minimum Gasteiger partial charge on any atom is -0.496 e. The minimum absolute atomic E-state index is 0.173. The largest absolute Gasteiger partial charge is 0.496 e. The molecule has 3 aromatic rings. The second kappa shape index (κ2) is 9.67. The highest BCUT2D eigenvalue weighted by Crippen LogP contribution is 2.40. The van der Waals surface area contributed by atoms with E-state index < -0.39 is 5.97 Å². The van der Waals surface area contributed by atoms with Gasteiger partial charge >= 0.3 is 5.97 Å². The molecule has 5 heteroatoms. The molecule has 0 aliphatic carbocycles. The number of ether oxygens (including phenoxy) is 3. The fourth-order valence-corrected chi connectivity index (χ4v) is 4.02. The zero-order chi connectivity index (χ0) is 21.6. The van der Waals surface area contributed by atoms with Crippen LogP contribution in [0.5, 0.6) is 17.2 Å². The van der Waals surface area contributed by atoms with E-state index in [1.807, 2.05) is 61.5 Å². The molecule has 5 nitrogen and oxygen atoms in total. The van der Waals surface area contributed by atoms with Gasteiger partial charge in [0, 0.05) is 17.2 Å². The third-order valence-electron chi connectivity index (χ3n) is 5.55. The first-order chi connectivity index (χ1) is 15.2. The van der Waals surface area contributed by atoms with Crippen molar-refractivity contribution in [3.8, 4) is 17.2 Å². The Morgan fingerprint density at radius 1 is 1.06 bits per heavy atom. The number of methoxy groups -OCH3 is 1. The zero-order valence-corrected chi connectivity index (χ0v) is 17.9. The van der Waals surface area contributed by atoms with Crippen LogP contribution in [0.25, 0.3) is 0 Å². The van der Waals surface area contributed by atoms with Crippen molar-refractivity contribution in [2.75, 3.05) is 13.7 Å². The van der Waals surface area contributed by atoms with Crippen molar-refractivity contribution in [2.45, 2.75) is 32.4 Å². The molecule has 0 bridgehead atoms. The topological polar surface area (TPSA) is 56.8 Å². The summed E-state index contributed by atoms with van der Waals surface area (Å²) in [6.07, 6.45) is 2.12. The van der Waals surface area contributed by atoms with Gasteiger partial charge in [0.2, 0.25) is 0 Å². The van der Waals surface area contributed by atoms with Crippen LogP contribution in [0.3, 0.4) is 0 Å². The molecule has 0 saturated carbocycles. The molecule has 4 rings (SSSR count). The molecule has 1 aliphatic heterocycles. The summed E-state index contributed by atoms with van der Waals surface area (Å²) < 4.78 is 17.6. The molecule has 160 valence electrons. The lowest BCUT2D eigenvalue weighted by Gasteiger charge is -2.22. The number of rotatable bonds is 7. The Kier molecular flexibility index (Phi) is 6.53. The average molecular weight is 418 g/mol. The van der Waals surface area contributed by atoms with Crippen LogP contribution in [-0.4, -0.2) is 19.6 Å². The Balaban J connectivity index is 1.73. The molecule has 1 N–H and O–H groups in total. The number of hydrogen-bond donors (Lipinski definition) is 1. The number of hydrogen-bond acceptors (Lipinski definition) is 5. The highest BCUT2D eigenvalue weighted by atomic mass is 16.5. The molecule has 0 aromatic heterocycles. The van der Waals surface area contributed by atoms with Crippen molar-refractivity contribution in [2.24, 2.45) is 0 Å². The van der Waals surface area contributed by atoms with Crippen LogP contribution in [0.1, 0.15) is 45.9 Å². The van der Waals surface area contributed by atoms with Crippen LogP contribution in [0.2, 0.25) is 0 Å². The first-order valence-electron chi connectivity index (χ1n) is 10.6. The normalized spacial score (nSPS) is 15.5. The van der Waals surface area contributed by atoms with Crippen LogP contribution in [0.15, 0.2) is 66.7 Å². The maximum atomic E-state index is 13.2. The predicted molar refractivity (Wildman–Crippen MR) is 120 cm³/mol. The third-order valence-corrected chi connectivity index (χ3v) is 5.55. The van der Waals surface area contributed by atoms with E-state index in [-0.39, 0.29) is 6.04 Å². The molecule has 1 heterocycles. The summed E-state index contributed by atoms with van der Waals surface area (Å²) in [6.45, 7) is 3.20. The first kappa shape index (κ1) is 20.9. The maximum Gasteiger partial charge on any atom is 0.347 e. The van der Waals surface area contributed by atoms with E-state index in [0.29, 0.717) is 29.4 Å². The summed E-state index contributed by atoms with van der Waals surface area (Å²) in [4.78, 5) is 13.2. The van der Waals surface area contributed by atoms with Crippen molar-refractivity contribution in [1.82, 2.24) is 5.32 Å². The molecular weight excluding hydrogens is 390 g/mol. The van der Waals surface area contributed by atoms with E-state index in [4.69, 9.17) is 14.2 Å². The van der Waals surface area contributed by atoms with Crippen LogP contribution < -0.4 is 19.5 Å². The molecule has 0 spiro atoms. The SMILES string of the molecule is COc1c([C@@H]2CCCN2)cc(OCc2ccccc2)c(C(=O)Oc2ccccc2)c1C. The van der Waals surface area contributed by atoms with Crippen LogP contribution in [-0.2, 0) is 6.61 Å². The number of nitrogens with one attached hydrogen (secondary N) is 1. The zero-order valence-electron chi connectivity index (χ0n) is 17.9. The number of esters is 1. The van der Waals surface area contributed by atoms with E-state index in [9.17, 15) is 4.79 Å². The van der Waals surface area contributed by atoms with Crippen molar-refractivity contribution in [3.05, 3.63) is 89.0 Å². The quantitative estimate of drug-likeness (QED) is 0.422. The Bertz CT molecular complexity index is 1030. The van der Waals surface area contributed by atoms with Crippen molar-refractivity contribution in [1.29, 1.82) is 0 Å². The lowest BCUT2D eigenvalue weighted by molar-refractivity contribution is 0.0728. The van der Waals surface area contributed by atoms with E-state index in [1.165, 1.54) is 0 Å². The van der Waals surface area contributed by atoms with Crippen LogP contribution in [0, 0.1) is 6.92 Å². The molecule has 0 amide bonds. The lowest BCUT2D eigenvalue weighted by atomic mass is 9.96. The van der Waals surface area contributed by atoms with Gasteiger partial charge in [-0.1, -0.05) is 48.5 Å². The number of carbonyl (C=O) groups excluding carboxylic acids is 1. The third kappa shape index (κ3) is 4.72. The summed E-state index contributed by atoms with van der Waals surface area (Å²) in [6, 6.07) is 21.1. The van der Waals surface area contributed by atoms with E-state index in [1.54, 1.807) is 19.2 Å². The Morgan fingerprint density at radius 3 is 2.42 bits per heavy atom. The maximum absolute atomic E-state index is 13.2. The molecule has 1 saturated heterocycles. The van der Waals surface area contributed by atoms with Gasteiger partial charge in [-0.25, -0.2) is 4.79 Å². The van der Waals surface area contributed by atoms with Gasteiger partial charge in [-0.05, 0) is 50.1 Å². The average Bonchev–Trinajstić information content (AvgIpc) is 3.33. The molecule has 1 atom stereocenters. The van der Waals surface area contributed by atoms with Crippen molar-refractivity contribution < 1.29 is 19.0 Å². The van der Waals surface area contributed by atoms with Crippen LogP contribution >= 0.6 is 0 Å². The molecule has 0 radical (unpaired) electrons. The highest BCUT2D eigenvalue weighted by molar-refractivity contribution is 5.96. The van der Waals surface area contributed by atoms with E-state index in [2.05, 4.69) is 5.32 Å². The smallest absolute Gasteiger partial charge is 0.347 e. The monoisotopic (exact) mass is 417 g/mol. The van der Waals surface area contributed by atoms with Gasteiger partial charge in [0.05, 0.1) is 7.11 Å². The molecule has 0 unspecified atom stereocenters. The van der Waals surface area contributed by atoms with Gasteiger partial charge in [0.25, 0.3) is 0 Å². The van der Waals surface area contributed by atoms with Gasteiger partial charge in [-0.15, -0.1) is 0 Å². The molecular formula is C26H27NO4. The number of benzene rings is 3. The second-order valence-corrected chi connectivity index (χ2v) is 7.62.